The van der Waals surface area contributed by atoms with Crippen molar-refractivity contribution in [3.05, 3.63) is 52.2 Å². The van der Waals surface area contributed by atoms with Crippen LogP contribution < -0.4 is 0 Å². The first-order valence-corrected chi connectivity index (χ1v) is 5.79. The molecule has 2 aromatic heterocycles. The molecular weight excluding hydrogens is 238 g/mol. The number of hydrogen-bond donors (Lipinski definition) is 0. The molecule has 0 radical (unpaired) electrons. The third kappa shape index (κ3) is 1.50. The number of nitrogens with zero attached hydrogens (tertiary/aromatic N) is 3. The smallest absolute Gasteiger partial charge is 0.278 e. The molecule has 17 heavy (non-hydrogen) atoms. The molecule has 0 aliphatic carbocycles. The Morgan fingerprint density at radius 1 is 1.35 bits per heavy atom. The third-order valence-corrected chi connectivity index (χ3v) is 3.37. The summed E-state index contributed by atoms with van der Waals surface area (Å²) in [5.41, 5.74) is 1.53. The number of nitro benzene ring substituents is 1. The van der Waals surface area contributed by atoms with Crippen LogP contribution in [0.15, 0.2) is 42.0 Å². The Labute approximate surface area is 100 Å². The van der Waals surface area contributed by atoms with Gasteiger partial charge in [-0.3, -0.25) is 14.5 Å². The van der Waals surface area contributed by atoms with Gasteiger partial charge in [0.15, 0.2) is 4.96 Å². The van der Waals surface area contributed by atoms with Crippen LogP contribution in [0.3, 0.4) is 0 Å². The highest BCUT2D eigenvalue weighted by atomic mass is 32.1. The minimum Gasteiger partial charge on any atom is -0.290 e. The van der Waals surface area contributed by atoms with Gasteiger partial charge in [0, 0.05) is 23.8 Å². The standard InChI is InChI=1S/C11H7N3O2S/c15-14(16)9-4-2-1-3-8(9)10-7-17-11-12-5-6-13(10)11/h1-7H. The Morgan fingerprint density at radius 3 is 3.00 bits per heavy atom. The van der Waals surface area contributed by atoms with Crippen LogP contribution in [0.4, 0.5) is 5.69 Å². The normalized spacial score (nSPS) is 10.8. The summed E-state index contributed by atoms with van der Waals surface area (Å²) in [7, 11) is 0. The number of imidazole rings is 1. The molecule has 0 aliphatic heterocycles. The van der Waals surface area contributed by atoms with E-state index in [1.54, 1.807) is 30.6 Å². The second kappa shape index (κ2) is 3.67. The molecule has 3 aromatic rings. The predicted molar refractivity (Wildman–Crippen MR) is 65.2 cm³/mol. The average Bonchev–Trinajstić information content (AvgIpc) is 2.90. The summed E-state index contributed by atoms with van der Waals surface area (Å²) in [5, 5.41) is 12.9. The van der Waals surface area contributed by atoms with Crippen LogP contribution in [0.5, 0.6) is 0 Å². The molecule has 3 rings (SSSR count). The zero-order valence-electron chi connectivity index (χ0n) is 8.61. The molecule has 0 fully saturated rings. The Morgan fingerprint density at radius 2 is 2.18 bits per heavy atom. The van der Waals surface area contributed by atoms with E-state index in [0.29, 0.717) is 5.56 Å². The van der Waals surface area contributed by atoms with E-state index in [9.17, 15) is 10.1 Å². The molecule has 0 bridgehead atoms. The van der Waals surface area contributed by atoms with Crippen LogP contribution in [0.2, 0.25) is 0 Å². The number of fused-ring (bicyclic) bond motifs is 1. The van der Waals surface area contributed by atoms with E-state index in [2.05, 4.69) is 4.98 Å². The summed E-state index contributed by atoms with van der Waals surface area (Å²) in [4.78, 5) is 15.6. The van der Waals surface area contributed by atoms with Crippen LogP contribution in [-0.2, 0) is 0 Å². The molecule has 84 valence electrons. The topological polar surface area (TPSA) is 60.4 Å². The summed E-state index contributed by atoms with van der Waals surface area (Å²) in [6.07, 6.45) is 3.49. The lowest BCUT2D eigenvalue weighted by atomic mass is 10.1. The predicted octanol–water partition coefficient (Wildman–Crippen LogP) is 2.97. The van der Waals surface area contributed by atoms with E-state index in [0.717, 1.165) is 10.7 Å². The molecule has 0 atom stereocenters. The number of benzene rings is 1. The average molecular weight is 245 g/mol. The largest absolute Gasteiger partial charge is 0.290 e. The molecule has 0 saturated heterocycles. The Kier molecular flexibility index (Phi) is 2.15. The third-order valence-electron chi connectivity index (χ3n) is 2.52. The maximum absolute atomic E-state index is 11.0. The highest BCUT2D eigenvalue weighted by Crippen LogP contribution is 2.32. The van der Waals surface area contributed by atoms with Gasteiger partial charge in [-0.05, 0) is 6.07 Å². The molecule has 0 saturated carbocycles. The van der Waals surface area contributed by atoms with Gasteiger partial charge in [-0.25, -0.2) is 4.98 Å². The van der Waals surface area contributed by atoms with E-state index in [-0.39, 0.29) is 10.6 Å². The summed E-state index contributed by atoms with van der Waals surface area (Å²) in [5.74, 6) is 0. The van der Waals surface area contributed by atoms with Crippen LogP contribution in [-0.4, -0.2) is 14.3 Å². The fourth-order valence-electron chi connectivity index (χ4n) is 1.77. The first-order valence-electron chi connectivity index (χ1n) is 4.92. The van der Waals surface area contributed by atoms with Gasteiger partial charge in [-0.1, -0.05) is 12.1 Å². The van der Waals surface area contributed by atoms with Crippen LogP contribution in [0, 0.1) is 10.1 Å². The number of thiazole rings is 1. The second-order valence-corrected chi connectivity index (χ2v) is 4.31. The van der Waals surface area contributed by atoms with Crippen molar-refractivity contribution >= 4 is 22.0 Å². The molecule has 1 aromatic carbocycles. The van der Waals surface area contributed by atoms with Gasteiger partial charge in [-0.15, -0.1) is 11.3 Å². The SMILES string of the molecule is O=[N+]([O-])c1ccccc1-c1csc2nccn12. The zero-order valence-corrected chi connectivity index (χ0v) is 9.42. The van der Waals surface area contributed by atoms with Crippen molar-refractivity contribution in [1.29, 1.82) is 0 Å². The molecule has 6 heteroatoms. The van der Waals surface area contributed by atoms with Gasteiger partial charge in [0.2, 0.25) is 0 Å². The van der Waals surface area contributed by atoms with Crippen molar-refractivity contribution in [3.8, 4) is 11.3 Å². The van der Waals surface area contributed by atoms with Gasteiger partial charge >= 0.3 is 0 Å². The molecular formula is C11H7N3O2S. The van der Waals surface area contributed by atoms with Crippen molar-refractivity contribution in [1.82, 2.24) is 9.38 Å². The van der Waals surface area contributed by atoms with E-state index in [4.69, 9.17) is 0 Å². The zero-order chi connectivity index (χ0) is 11.8. The first-order chi connectivity index (χ1) is 8.27. The van der Waals surface area contributed by atoms with Gasteiger partial charge in [0.05, 0.1) is 16.2 Å². The fourth-order valence-corrected chi connectivity index (χ4v) is 2.62. The number of rotatable bonds is 2. The fraction of sp³-hybridized carbons (Fsp3) is 0. The Balaban J connectivity index is 2.29. The molecule has 0 N–H and O–H groups in total. The van der Waals surface area contributed by atoms with Gasteiger partial charge in [0.1, 0.15) is 0 Å². The summed E-state index contributed by atoms with van der Waals surface area (Å²) in [6.45, 7) is 0. The molecule has 0 unspecified atom stereocenters. The quantitative estimate of drug-likeness (QED) is 0.515. The maximum atomic E-state index is 11.0. The van der Waals surface area contributed by atoms with Crippen LogP contribution in [0.1, 0.15) is 0 Å². The van der Waals surface area contributed by atoms with E-state index in [1.807, 2.05) is 9.78 Å². The molecule has 0 spiro atoms. The molecule has 5 nitrogen and oxygen atoms in total. The monoisotopic (exact) mass is 245 g/mol. The lowest BCUT2D eigenvalue weighted by molar-refractivity contribution is -0.384. The number of para-hydroxylation sites is 1. The highest BCUT2D eigenvalue weighted by Gasteiger charge is 2.17. The van der Waals surface area contributed by atoms with E-state index >= 15 is 0 Å². The number of hydrogen-bond acceptors (Lipinski definition) is 4. The van der Waals surface area contributed by atoms with Crippen LogP contribution in [0.25, 0.3) is 16.2 Å². The molecule has 0 amide bonds. The van der Waals surface area contributed by atoms with Crippen molar-refractivity contribution in [2.45, 2.75) is 0 Å². The van der Waals surface area contributed by atoms with Gasteiger partial charge in [-0.2, -0.15) is 0 Å². The maximum Gasteiger partial charge on any atom is 0.278 e. The Hall–Kier alpha value is -2.21. The first kappa shape index (κ1) is 9.98. The highest BCUT2D eigenvalue weighted by molar-refractivity contribution is 7.15. The summed E-state index contributed by atoms with van der Waals surface area (Å²) >= 11 is 1.47. The summed E-state index contributed by atoms with van der Waals surface area (Å²) < 4.78 is 1.85. The number of nitro groups is 1. The van der Waals surface area contributed by atoms with Gasteiger partial charge in [0.25, 0.3) is 5.69 Å². The number of aromatic nitrogens is 2. The van der Waals surface area contributed by atoms with Crippen LogP contribution >= 0.6 is 11.3 Å². The minimum atomic E-state index is -0.365. The van der Waals surface area contributed by atoms with Crippen molar-refractivity contribution in [3.63, 3.8) is 0 Å². The lowest BCUT2D eigenvalue weighted by Crippen LogP contribution is -1.93. The summed E-state index contributed by atoms with van der Waals surface area (Å²) in [6, 6.07) is 6.72. The van der Waals surface area contributed by atoms with Crippen molar-refractivity contribution in [2.24, 2.45) is 0 Å². The van der Waals surface area contributed by atoms with E-state index in [1.165, 1.54) is 17.4 Å². The van der Waals surface area contributed by atoms with Gasteiger partial charge < -0.3 is 0 Å². The minimum absolute atomic E-state index is 0.112. The van der Waals surface area contributed by atoms with Crippen molar-refractivity contribution < 1.29 is 4.92 Å². The molecule has 0 aliphatic rings. The lowest BCUT2D eigenvalue weighted by Gasteiger charge is -2.00. The second-order valence-electron chi connectivity index (χ2n) is 3.48. The molecule has 2 heterocycles. The van der Waals surface area contributed by atoms with Crippen molar-refractivity contribution in [2.75, 3.05) is 0 Å². The van der Waals surface area contributed by atoms with E-state index < -0.39 is 0 Å². The Bertz CT molecular complexity index is 701.